The van der Waals surface area contributed by atoms with Gasteiger partial charge >= 0.3 is 113 Å². The number of carboxylic acids is 3. The number of rotatable bonds is 25. The summed E-state index contributed by atoms with van der Waals surface area (Å²) in [6.07, 6.45) is 0. The summed E-state index contributed by atoms with van der Waals surface area (Å²) in [4.78, 5) is 84.5. The Morgan fingerprint density at radius 3 is 1.32 bits per heavy atom. The van der Waals surface area contributed by atoms with Crippen molar-refractivity contribution in [1.29, 1.82) is 0 Å². The molecule has 0 aliphatic heterocycles. The first-order chi connectivity index (χ1) is 31.6. The average Bonchev–Trinajstić information content (AvgIpc) is 3.26. The Labute approximate surface area is 480 Å². The molecule has 0 fully saturated rings. The zero-order valence-corrected chi connectivity index (χ0v) is 48.2. The van der Waals surface area contributed by atoms with Crippen molar-refractivity contribution in [3.63, 3.8) is 0 Å². The summed E-state index contributed by atoms with van der Waals surface area (Å²) in [7, 11) is -15.5. The van der Waals surface area contributed by atoms with Gasteiger partial charge in [0.15, 0.2) is 0 Å². The Kier molecular flexibility index (Phi) is 28.4. The molecule has 0 saturated carbocycles. The van der Waals surface area contributed by atoms with Gasteiger partial charge in [0.2, 0.25) is 11.8 Å². The molecule has 0 aliphatic rings. The number of azide groups is 1. The van der Waals surface area contributed by atoms with Crippen LogP contribution in [0.15, 0.2) is 92.6 Å². The maximum Gasteiger partial charge on any atom is 1.00 e. The van der Waals surface area contributed by atoms with E-state index in [2.05, 4.69) is 33.3 Å². The largest absolute Gasteiger partial charge is 1.00 e. The molecule has 71 heavy (non-hydrogen) atoms. The summed E-state index contributed by atoms with van der Waals surface area (Å²) >= 11 is 4.08. The van der Waals surface area contributed by atoms with Gasteiger partial charge in [0.05, 0.1) is 63.5 Å². The Balaban J connectivity index is 0.0000163. The van der Waals surface area contributed by atoms with Crippen molar-refractivity contribution < 1.29 is 176 Å². The quantitative estimate of drug-likeness (QED) is 0.00873. The average molecular weight is 1100 g/mol. The molecule has 24 nitrogen and oxygen atoms in total. The molecule has 0 heterocycles. The van der Waals surface area contributed by atoms with Gasteiger partial charge in [-0.15, -0.1) is 0 Å². The van der Waals surface area contributed by atoms with Crippen molar-refractivity contribution in [1.82, 2.24) is 10.6 Å². The molecular formula is C40H44N5Na3O19S4. The fourth-order valence-corrected chi connectivity index (χ4v) is 9.58. The van der Waals surface area contributed by atoms with Gasteiger partial charge in [0, 0.05) is 29.0 Å². The summed E-state index contributed by atoms with van der Waals surface area (Å²) in [6, 6.07) is 9.86. The number of carbonyl (C=O) groups excluding carboxylic acids is 3. The van der Waals surface area contributed by atoms with Crippen molar-refractivity contribution in [3.8, 4) is 0 Å². The summed E-state index contributed by atoms with van der Waals surface area (Å²) < 4.78 is 113. The number of nitrogens with one attached hydrogen (secondary N) is 2. The maximum atomic E-state index is 15.0. The molecule has 3 rings (SSSR count). The van der Waals surface area contributed by atoms with Crippen LogP contribution in [-0.2, 0) is 63.9 Å². The van der Waals surface area contributed by atoms with Crippen LogP contribution in [-0.4, -0.2) is 115 Å². The number of carboxylic acid groups (broad SMARTS) is 3. The first-order valence-electron chi connectivity index (χ1n) is 19.8. The third-order valence-electron chi connectivity index (χ3n) is 11.1. The molecule has 9 unspecified atom stereocenters. The predicted octanol–water partition coefficient (Wildman–Crippen LogP) is -6.95. The number of ether oxygens (including phenoxy) is 1. The summed E-state index contributed by atoms with van der Waals surface area (Å²) in [5.74, 6) is -29.5. The smallest absolute Gasteiger partial charge is 0.744 e. The van der Waals surface area contributed by atoms with Gasteiger partial charge < -0.3 is 44.3 Å². The van der Waals surface area contributed by atoms with Crippen molar-refractivity contribution >= 4 is 78.7 Å². The van der Waals surface area contributed by atoms with Gasteiger partial charge in [-0.3, -0.25) is 28.8 Å². The Morgan fingerprint density at radius 1 is 0.620 bits per heavy atom. The van der Waals surface area contributed by atoms with Crippen LogP contribution >= 0.6 is 12.6 Å². The molecule has 0 bridgehead atoms. The van der Waals surface area contributed by atoms with Crippen LogP contribution in [0.2, 0.25) is 0 Å². The van der Waals surface area contributed by atoms with E-state index in [0.29, 0.717) is 24.3 Å². The molecule has 370 valence electrons. The Hall–Kier alpha value is -3.13. The van der Waals surface area contributed by atoms with Crippen LogP contribution in [0.5, 0.6) is 0 Å². The number of benzene rings is 3. The number of esters is 1. The molecule has 0 aliphatic carbocycles. The molecule has 0 aromatic heterocycles. The Morgan fingerprint density at radius 2 is 0.986 bits per heavy atom. The third-order valence-corrected chi connectivity index (χ3v) is 13.9. The number of carbonyl (C=O) groups is 6. The number of aliphatic carboxylic acids is 3. The minimum atomic E-state index is -5.27. The number of nitrogens with zero attached hydrogens (tertiary/aromatic N) is 3. The summed E-state index contributed by atoms with van der Waals surface area (Å²) in [5.41, 5.74) is 8.17. The van der Waals surface area contributed by atoms with E-state index in [1.54, 1.807) is 0 Å². The van der Waals surface area contributed by atoms with E-state index in [1.807, 2.05) is 0 Å². The van der Waals surface area contributed by atoms with Crippen LogP contribution < -0.4 is 99.3 Å². The van der Waals surface area contributed by atoms with E-state index in [1.165, 1.54) is 13.8 Å². The van der Waals surface area contributed by atoms with Gasteiger partial charge in [0.1, 0.15) is 30.4 Å². The number of thiol groups is 1. The molecule has 0 spiro atoms. The fraction of sp³-hybridized carbons (Fsp3) is 0.400. The van der Waals surface area contributed by atoms with Crippen LogP contribution in [0.1, 0.15) is 55.2 Å². The minimum Gasteiger partial charge on any atom is -0.744 e. The monoisotopic (exact) mass is 1100 g/mol. The second-order valence-electron chi connectivity index (χ2n) is 15.0. The normalized spacial score (nSPS) is 15.2. The Bertz CT molecular complexity index is 2750. The third kappa shape index (κ3) is 18.0. The number of amides is 2. The van der Waals surface area contributed by atoms with Crippen LogP contribution in [0, 0.1) is 35.5 Å². The molecule has 9 atom stereocenters. The zero-order valence-electron chi connectivity index (χ0n) is 38.8. The van der Waals surface area contributed by atoms with Crippen molar-refractivity contribution in [3.05, 3.63) is 99.9 Å². The molecule has 0 radical (unpaired) electrons. The van der Waals surface area contributed by atoms with Crippen LogP contribution in [0.4, 0.5) is 0 Å². The van der Waals surface area contributed by atoms with E-state index >= 15 is 0 Å². The second-order valence-corrected chi connectivity index (χ2v) is 19.6. The van der Waals surface area contributed by atoms with Gasteiger partial charge in [-0.05, 0) is 71.5 Å². The van der Waals surface area contributed by atoms with Gasteiger partial charge in [0.25, 0.3) is 0 Å². The van der Waals surface area contributed by atoms with Crippen molar-refractivity contribution in [2.24, 2.45) is 40.6 Å². The first-order valence-corrected chi connectivity index (χ1v) is 24.7. The molecular weight excluding hydrogens is 1050 g/mol. The topological polar surface area (TPSA) is 417 Å². The van der Waals surface area contributed by atoms with E-state index in [0.717, 1.165) is 55.5 Å². The molecule has 0 saturated heterocycles. The fourth-order valence-electron chi connectivity index (χ4n) is 8.06. The zero-order chi connectivity index (χ0) is 51.5. The number of hydrogen-bond donors (Lipinski definition) is 6. The van der Waals surface area contributed by atoms with E-state index < -0.39 is 158 Å². The molecule has 2 amide bonds. The molecule has 5 N–H and O–H groups in total. The van der Waals surface area contributed by atoms with Crippen molar-refractivity contribution in [2.75, 3.05) is 25.6 Å². The van der Waals surface area contributed by atoms with E-state index in [4.69, 9.17) is 10.3 Å². The maximum absolute atomic E-state index is 15.0. The van der Waals surface area contributed by atoms with E-state index in [-0.39, 0.29) is 107 Å². The SMILES string of the molecule is CCOC(=O)C(C(C)C(=O)O)C(c1ccc(S(=O)(=O)[O-])cc1)C(C(=O)O)C(C(=O)NCN=[N+]=[N-])C(c1ccc(S(=O)(=O)[O-])cc1)C(C(=O)O)C(C(=O)NCCS)C(C)c1ccc(S(=O)(=O)[O-])cc1.[Na+].[Na+].[Na+]. The second kappa shape index (κ2) is 29.7. The van der Waals surface area contributed by atoms with Gasteiger partial charge in [-0.2, -0.15) is 12.6 Å². The van der Waals surface area contributed by atoms with Crippen LogP contribution in [0.3, 0.4) is 0 Å². The molecule has 3 aromatic carbocycles. The van der Waals surface area contributed by atoms with Gasteiger partial charge in [-0.25, -0.2) is 25.3 Å². The predicted molar refractivity (Wildman–Crippen MR) is 232 cm³/mol. The molecule has 3 aromatic rings. The summed E-state index contributed by atoms with van der Waals surface area (Å²) in [5, 5.41) is 41.0. The first kappa shape index (κ1) is 67.9. The summed E-state index contributed by atoms with van der Waals surface area (Å²) in [6.45, 7) is 1.85. The van der Waals surface area contributed by atoms with E-state index in [9.17, 15) is 83.0 Å². The molecule has 31 heteroatoms. The van der Waals surface area contributed by atoms with Crippen LogP contribution in [0.25, 0.3) is 10.4 Å². The number of hydrogen-bond acceptors (Lipinski definition) is 18. The van der Waals surface area contributed by atoms with Gasteiger partial charge in [-0.1, -0.05) is 55.4 Å². The standard InChI is InChI=1S/C40H47N5O19S4.3Na/c1-4-64-40(54)29(21(3)37(48)49)30(23-7-13-26(14-8-23)67(58,59)60)34(39(52)53)32(36(47)43-19-44-45-41)31(24-9-15-27(16-10-24)68(61,62)63)33(38(50)51)28(35(46)42-17-18-65)20(2)22-5-11-25(12-6-22)66(55,56)57;;;/h5-16,20-21,28-34,65H,4,17-19H2,1-3H3,(H,42,46)(H,43,47)(H,48,49)(H,50,51)(H,52,53)(H,55,56,57)(H,58,59,60)(H,61,62,63);;;/q;3*+1/p-3. The van der Waals surface area contributed by atoms with Crippen molar-refractivity contribution in [2.45, 2.75) is 53.2 Å². The minimum absolute atomic E-state index is 0.